The van der Waals surface area contributed by atoms with Crippen LogP contribution in [0.4, 0.5) is 0 Å². The van der Waals surface area contributed by atoms with Crippen LogP contribution in [0, 0.1) is 18.1 Å². The minimum Gasteiger partial charge on any atom is -0.0793 e. The highest BCUT2D eigenvalue weighted by Crippen LogP contribution is 2.51. The van der Waals surface area contributed by atoms with Crippen LogP contribution in [-0.4, -0.2) is 6.04 Å². The molecule has 4 unspecified atom stereocenters. The van der Waals surface area contributed by atoms with Gasteiger partial charge in [-0.2, -0.15) is 0 Å². The third kappa shape index (κ3) is 4.15. The first-order valence-electron chi connectivity index (χ1n) is 11.7. The maximum atomic E-state index is 5.36. The summed E-state index contributed by atoms with van der Waals surface area (Å²) in [6.45, 7) is 8.95. The third-order valence-corrected chi connectivity index (χ3v) is 6.71. The molecule has 0 amide bonds. The second-order valence-corrected chi connectivity index (χ2v) is 8.61. The second kappa shape index (κ2) is 9.95. The first kappa shape index (κ1) is 22.1. The summed E-state index contributed by atoms with van der Waals surface area (Å²) in [5.74, 6) is 0.337. The molecule has 0 aliphatic carbocycles. The summed E-state index contributed by atoms with van der Waals surface area (Å²) in [4.78, 5) is 10.4. The Hall–Kier alpha value is -2.58. The van der Waals surface area contributed by atoms with E-state index in [1.54, 1.807) is 0 Å². The van der Waals surface area contributed by atoms with E-state index in [0.717, 1.165) is 25.7 Å². The summed E-state index contributed by atoms with van der Waals surface area (Å²) >= 11 is 0. The molecular weight excluding hydrogens is 364 g/mol. The standard InChI is InChI=1S/C28H36N2/c1-5-8-15-24-20-23(4)29-22-27(6-2,25-16-11-9-12-17-25)28(7-3,30-21-24)26-18-13-10-14-19-26/h9-14,16-19,23-24H,5-8,15,20H2,1-4H3/q+2. The molecule has 0 N–H and O–H groups in total. The Morgan fingerprint density at radius 2 is 1.53 bits per heavy atom. The molecule has 3 rings (SSSR count). The average Bonchev–Trinajstić information content (AvgIpc) is 2.86. The van der Waals surface area contributed by atoms with Crippen LogP contribution in [0.5, 0.6) is 0 Å². The number of hydrogen-bond acceptors (Lipinski definition) is 0. The van der Waals surface area contributed by atoms with E-state index in [4.69, 9.17) is 9.69 Å². The normalized spacial score (nSPS) is 28.1. The zero-order valence-electron chi connectivity index (χ0n) is 19.1. The number of rotatable bonds is 7. The molecule has 156 valence electrons. The van der Waals surface area contributed by atoms with Crippen LogP contribution in [0.25, 0.3) is 9.69 Å². The van der Waals surface area contributed by atoms with Crippen molar-refractivity contribution in [2.24, 2.45) is 5.92 Å². The molecule has 0 fully saturated rings. The lowest BCUT2D eigenvalue weighted by Crippen LogP contribution is -2.45. The monoisotopic (exact) mass is 400 g/mol. The molecule has 1 aliphatic rings. The highest BCUT2D eigenvalue weighted by Gasteiger charge is 2.64. The Morgan fingerprint density at radius 3 is 2.10 bits per heavy atom. The van der Waals surface area contributed by atoms with Gasteiger partial charge < -0.3 is 0 Å². The van der Waals surface area contributed by atoms with Crippen LogP contribution in [-0.2, 0) is 11.0 Å². The van der Waals surface area contributed by atoms with Crippen molar-refractivity contribution in [1.82, 2.24) is 0 Å². The Balaban J connectivity index is 2.32. The molecule has 2 aromatic rings. The molecule has 0 spiro atoms. The Morgan fingerprint density at radius 1 is 0.900 bits per heavy atom. The summed E-state index contributed by atoms with van der Waals surface area (Å²) in [5.41, 5.74) is 1.53. The second-order valence-electron chi connectivity index (χ2n) is 8.61. The largest absolute Gasteiger partial charge is 0.332 e. The van der Waals surface area contributed by atoms with Gasteiger partial charge in [-0.1, -0.05) is 104 Å². The Bertz CT molecular complexity index is 929. The maximum Gasteiger partial charge on any atom is 0.332 e. The van der Waals surface area contributed by atoms with Gasteiger partial charge in [-0.3, -0.25) is 0 Å². The van der Waals surface area contributed by atoms with Gasteiger partial charge in [-0.05, 0) is 18.4 Å². The van der Waals surface area contributed by atoms with Crippen molar-refractivity contribution in [2.45, 2.75) is 83.2 Å². The number of benzene rings is 2. The molecule has 2 aromatic carbocycles. The number of unbranched alkanes of at least 4 members (excludes halogenated alkanes) is 1. The molecule has 2 heteroatoms. The molecule has 0 saturated heterocycles. The molecular formula is C28H36N2+2. The van der Waals surface area contributed by atoms with E-state index >= 15 is 0 Å². The van der Waals surface area contributed by atoms with E-state index in [2.05, 4.69) is 100 Å². The molecule has 1 aliphatic heterocycles. The average molecular weight is 401 g/mol. The van der Waals surface area contributed by atoms with E-state index in [9.17, 15) is 0 Å². The van der Waals surface area contributed by atoms with E-state index < -0.39 is 11.0 Å². The molecule has 4 atom stereocenters. The zero-order valence-corrected chi connectivity index (χ0v) is 19.1. The molecule has 0 radical (unpaired) electrons. The van der Waals surface area contributed by atoms with E-state index in [1.807, 2.05) is 0 Å². The quantitative estimate of drug-likeness (QED) is 0.446. The summed E-state index contributed by atoms with van der Waals surface area (Å²) in [7, 11) is 0. The fourth-order valence-corrected chi connectivity index (χ4v) is 4.97. The topological polar surface area (TPSA) is 8.72 Å². The van der Waals surface area contributed by atoms with Gasteiger partial charge in [0, 0.05) is 25.3 Å². The van der Waals surface area contributed by atoms with Gasteiger partial charge in [-0.25, -0.2) is 0 Å². The molecule has 30 heavy (non-hydrogen) atoms. The van der Waals surface area contributed by atoms with Crippen LogP contribution in [0.1, 0.15) is 77.3 Å². The van der Waals surface area contributed by atoms with Crippen molar-refractivity contribution in [3.8, 4) is 12.1 Å². The first-order chi connectivity index (χ1) is 14.6. The fraction of sp³-hybridized carbons (Fsp3) is 0.500. The minimum absolute atomic E-state index is 0.215. The molecule has 0 aromatic heterocycles. The van der Waals surface area contributed by atoms with Crippen LogP contribution < -0.4 is 0 Å². The van der Waals surface area contributed by atoms with Crippen molar-refractivity contribution >= 4 is 0 Å². The van der Waals surface area contributed by atoms with Crippen LogP contribution in [0.3, 0.4) is 0 Å². The third-order valence-electron chi connectivity index (χ3n) is 6.71. The van der Waals surface area contributed by atoms with Crippen LogP contribution in [0.2, 0.25) is 0 Å². The highest BCUT2D eigenvalue weighted by atomic mass is 14.9. The summed E-state index contributed by atoms with van der Waals surface area (Å²) in [5, 5.41) is 0. The summed E-state index contributed by atoms with van der Waals surface area (Å²) in [6.07, 6.45) is 6.25. The van der Waals surface area contributed by atoms with Crippen LogP contribution >= 0.6 is 0 Å². The van der Waals surface area contributed by atoms with E-state index in [-0.39, 0.29) is 6.04 Å². The molecule has 2 nitrogen and oxygen atoms in total. The van der Waals surface area contributed by atoms with Gasteiger partial charge in [-0.15, -0.1) is 0 Å². The predicted molar refractivity (Wildman–Crippen MR) is 128 cm³/mol. The zero-order chi connectivity index (χ0) is 21.5. The van der Waals surface area contributed by atoms with Crippen molar-refractivity contribution in [3.63, 3.8) is 0 Å². The van der Waals surface area contributed by atoms with Crippen LogP contribution in [0.15, 0.2) is 60.7 Å². The lowest BCUT2D eigenvalue weighted by Gasteiger charge is -2.32. The number of nitrogens with zero attached hydrogens (tertiary/aromatic N) is 2. The highest BCUT2D eigenvalue weighted by molar-refractivity contribution is 5.48. The summed E-state index contributed by atoms with van der Waals surface area (Å²) in [6, 6.07) is 29.1. The van der Waals surface area contributed by atoms with Gasteiger partial charge in [0.25, 0.3) is 18.2 Å². The lowest BCUT2D eigenvalue weighted by atomic mass is 9.60. The Kier molecular flexibility index (Phi) is 7.33. The lowest BCUT2D eigenvalue weighted by molar-refractivity contribution is 0.315. The van der Waals surface area contributed by atoms with Crippen molar-refractivity contribution in [1.29, 1.82) is 0 Å². The number of hydrogen-bond donors (Lipinski definition) is 0. The molecule has 0 saturated carbocycles. The molecule has 0 bridgehead atoms. The first-order valence-corrected chi connectivity index (χ1v) is 11.7. The predicted octanol–water partition coefficient (Wildman–Crippen LogP) is 7.90. The van der Waals surface area contributed by atoms with E-state index in [1.165, 1.54) is 24.0 Å². The minimum atomic E-state index is -0.484. The molecule has 1 heterocycles. The smallest absolute Gasteiger partial charge is 0.0793 e. The van der Waals surface area contributed by atoms with Crippen molar-refractivity contribution < 1.29 is 0 Å². The van der Waals surface area contributed by atoms with Gasteiger partial charge in [0.05, 0.1) is 5.92 Å². The summed E-state index contributed by atoms with van der Waals surface area (Å²) < 4.78 is 0. The van der Waals surface area contributed by atoms with Gasteiger partial charge in [0.15, 0.2) is 0 Å². The Labute approximate surface area is 183 Å². The van der Waals surface area contributed by atoms with E-state index in [0.29, 0.717) is 5.92 Å². The SMILES string of the molecule is CCCCC1C#[N+]C(CC)(c2ccccc2)C(CC)(c2ccccc2)C#[N+]C(C)C1. The van der Waals surface area contributed by atoms with Gasteiger partial charge in [0.1, 0.15) is 0 Å². The van der Waals surface area contributed by atoms with Gasteiger partial charge >= 0.3 is 5.54 Å². The maximum absolute atomic E-state index is 5.36. The van der Waals surface area contributed by atoms with Crippen molar-refractivity contribution in [2.75, 3.05) is 0 Å². The fourth-order valence-electron chi connectivity index (χ4n) is 4.97. The van der Waals surface area contributed by atoms with Gasteiger partial charge in [0.2, 0.25) is 5.41 Å². The van der Waals surface area contributed by atoms with Crippen molar-refractivity contribution in [3.05, 3.63) is 81.5 Å².